The maximum atomic E-state index is 12.2. The van der Waals surface area contributed by atoms with E-state index in [9.17, 15) is 9.59 Å². The zero-order valence-corrected chi connectivity index (χ0v) is 12.8. The molecule has 2 aromatic rings. The molecule has 1 aliphatic heterocycles. The second-order valence-electron chi connectivity index (χ2n) is 5.69. The number of nitrogens with zero attached hydrogens (tertiary/aromatic N) is 2. The molecule has 2 amide bonds. The summed E-state index contributed by atoms with van der Waals surface area (Å²) in [6.45, 7) is 2.05. The van der Waals surface area contributed by atoms with Crippen LogP contribution in [0.25, 0.3) is 0 Å². The molecule has 0 saturated carbocycles. The van der Waals surface area contributed by atoms with E-state index in [1.807, 2.05) is 4.90 Å². The van der Waals surface area contributed by atoms with E-state index in [1.54, 1.807) is 30.6 Å². The average Bonchev–Trinajstić information content (AvgIpc) is 3.15. The SMILES string of the molecule is O=C(NCC1CCN(C(=O)c2ccoc2)CC1)c1ccncc1. The van der Waals surface area contributed by atoms with Crippen molar-refractivity contribution in [3.8, 4) is 0 Å². The lowest BCUT2D eigenvalue weighted by Crippen LogP contribution is -2.41. The summed E-state index contributed by atoms with van der Waals surface area (Å²) >= 11 is 0. The number of carbonyl (C=O) groups is 2. The lowest BCUT2D eigenvalue weighted by Gasteiger charge is -2.31. The molecule has 1 aliphatic rings. The highest BCUT2D eigenvalue weighted by Gasteiger charge is 2.24. The first kappa shape index (κ1) is 15.3. The highest BCUT2D eigenvalue weighted by molar-refractivity contribution is 5.94. The quantitative estimate of drug-likeness (QED) is 0.936. The zero-order chi connectivity index (χ0) is 16.1. The fourth-order valence-corrected chi connectivity index (χ4v) is 2.75. The van der Waals surface area contributed by atoms with Crippen LogP contribution in [0, 0.1) is 5.92 Å². The summed E-state index contributed by atoms with van der Waals surface area (Å²) in [7, 11) is 0. The molecule has 1 saturated heterocycles. The molecule has 23 heavy (non-hydrogen) atoms. The number of rotatable bonds is 4. The fourth-order valence-electron chi connectivity index (χ4n) is 2.75. The van der Waals surface area contributed by atoms with E-state index in [-0.39, 0.29) is 11.8 Å². The standard InChI is InChI=1S/C17H19N3O3/c21-16(14-1-6-18-7-2-14)19-11-13-3-8-20(9-4-13)17(22)15-5-10-23-12-15/h1-2,5-7,10,12-13H,3-4,8-9,11H2,(H,19,21). The first-order valence-electron chi connectivity index (χ1n) is 7.74. The van der Waals surface area contributed by atoms with Gasteiger partial charge < -0.3 is 14.6 Å². The van der Waals surface area contributed by atoms with Crippen LogP contribution in [0.1, 0.15) is 33.6 Å². The van der Waals surface area contributed by atoms with Crippen LogP contribution in [0.5, 0.6) is 0 Å². The molecular weight excluding hydrogens is 294 g/mol. The highest BCUT2D eigenvalue weighted by atomic mass is 16.3. The fraction of sp³-hybridized carbons (Fsp3) is 0.353. The summed E-state index contributed by atoms with van der Waals surface area (Å²) < 4.78 is 4.96. The van der Waals surface area contributed by atoms with E-state index in [2.05, 4.69) is 10.3 Å². The Morgan fingerprint density at radius 3 is 2.57 bits per heavy atom. The Labute approximate surface area is 134 Å². The molecule has 3 heterocycles. The summed E-state index contributed by atoms with van der Waals surface area (Å²) in [6.07, 6.45) is 7.97. The molecule has 0 radical (unpaired) electrons. The van der Waals surface area contributed by atoms with Crippen molar-refractivity contribution in [2.24, 2.45) is 5.92 Å². The molecule has 1 fully saturated rings. The molecule has 6 nitrogen and oxygen atoms in total. The van der Waals surface area contributed by atoms with Gasteiger partial charge in [-0.2, -0.15) is 0 Å². The van der Waals surface area contributed by atoms with Crippen molar-refractivity contribution in [3.63, 3.8) is 0 Å². The predicted octanol–water partition coefficient (Wildman–Crippen LogP) is 1.96. The molecule has 6 heteroatoms. The summed E-state index contributed by atoms with van der Waals surface area (Å²) in [6, 6.07) is 5.08. The Morgan fingerprint density at radius 2 is 1.91 bits per heavy atom. The summed E-state index contributed by atoms with van der Waals surface area (Å²) in [5.41, 5.74) is 1.21. The van der Waals surface area contributed by atoms with E-state index >= 15 is 0 Å². The topological polar surface area (TPSA) is 75.4 Å². The molecule has 0 spiro atoms. The maximum Gasteiger partial charge on any atom is 0.257 e. The van der Waals surface area contributed by atoms with Crippen LogP contribution >= 0.6 is 0 Å². The van der Waals surface area contributed by atoms with Crippen molar-refractivity contribution in [1.82, 2.24) is 15.2 Å². The molecule has 120 valence electrons. The normalized spacial score (nSPS) is 15.4. The van der Waals surface area contributed by atoms with Crippen molar-refractivity contribution in [1.29, 1.82) is 0 Å². The van der Waals surface area contributed by atoms with E-state index in [4.69, 9.17) is 4.42 Å². The van der Waals surface area contributed by atoms with Gasteiger partial charge >= 0.3 is 0 Å². The van der Waals surface area contributed by atoms with Gasteiger partial charge in [-0.05, 0) is 37.0 Å². The van der Waals surface area contributed by atoms with Gasteiger partial charge in [0.25, 0.3) is 11.8 Å². The smallest absolute Gasteiger partial charge is 0.257 e. The van der Waals surface area contributed by atoms with Crippen LogP contribution in [0.2, 0.25) is 0 Å². The summed E-state index contributed by atoms with van der Waals surface area (Å²) in [4.78, 5) is 29.9. The van der Waals surface area contributed by atoms with Gasteiger partial charge in [-0.15, -0.1) is 0 Å². The summed E-state index contributed by atoms with van der Waals surface area (Å²) in [5, 5.41) is 2.96. The van der Waals surface area contributed by atoms with E-state index in [0.717, 1.165) is 12.8 Å². The number of carbonyl (C=O) groups excluding carboxylic acids is 2. The summed E-state index contributed by atoms with van der Waals surface area (Å²) in [5.74, 6) is 0.330. The third kappa shape index (κ3) is 3.77. The third-order valence-electron chi connectivity index (χ3n) is 4.16. The Bertz CT molecular complexity index is 647. The predicted molar refractivity (Wildman–Crippen MR) is 83.9 cm³/mol. The second-order valence-corrected chi connectivity index (χ2v) is 5.69. The van der Waals surface area contributed by atoms with E-state index in [0.29, 0.717) is 36.7 Å². The van der Waals surface area contributed by atoms with Gasteiger partial charge in [-0.25, -0.2) is 0 Å². The minimum absolute atomic E-state index is 0.0121. The molecule has 2 aromatic heterocycles. The minimum atomic E-state index is -0.0793. The number of furan rings is 1. The number of amides is 2. The van der Waals surface area contributed by atoms with Crippen LogP contribution in [0.3, 0.4) is 0 Å². The molecule has 0 aliphatic carbocycles. The molecule has 3 rings (SSSR count). The Balaban J connectivity index is 1.44. The van der Waals surface area contributed by atoms with Gasteiger partial charge in [0.15, 0.2) is 0 Å². The zero-order valence-electron chi connectivity index (χ0n) is 12.8. The van der Waals surface area contributed by atoms with Gasteiger partial charge in [-0.1, -0.05) is 0 Å². The van der Waals surface area contributed by atoms with E-state index < -0.39 is 0 Å². The minimum Gasteiger partial charge on any atom is -0.472 e. The molecule has 0 aromatic carbocycles. The van der Waals surface area contributed by atoms with Crippen LogP contribution in [0.4, 0.5) is 0 Å². The average molecular weight is 313 g/mol. The van der Waals surface area contributed by atoms with Crippen LogP contribution in [0.15, 0.2) is 47.5 Å². The van der Waals surface area contributed by atoms with Gasteiger partial charge in [0.1, 0.15) is 6.26 Å². The number of nitrogens with one attached hydrogen (secondary N) is 1. The van der Waals surface area contributed by atoms with Crippen molar-refractivity contribution >= 4 is 11.8 Å². The first-order chi connectivity index (χ1) is 11.2. The van der Waals surface area contributed by atoms with Crippen LogP contribution in [-0.2, 0) is 0 Å². The van der Waals surface area contributed by atoms with Gasteiger partial charge in [0, 0.05) is 37.6 Å². The lowest BCUT2D eigenvalue weighted by atomic mass is 9.96. The van der Waals surface area contributed by atoms with Gasteiger partial charge in [0.05, 0.1) is 11.8 Å². The number of aromatic nitrogens is 1. The Kier molecular flexibility index (Phi) is 4.71. The monoisotopic (exact) mass is 313 g/mol. The van der Waals surface area contributed by atoms with Gasteiger partial charge in [0.2, 0.25) is 0 Å². The van der Waals surface area contributed by atoms with Crippen molar-refractivity contribution in [2.75, 3.05) is 19.6 Å². The number of likely N-dealkylation sites (tertiary alicyclic amines) is 1. The first-order valence-corrected chi connectivity index (χ1v) is 7.74. The Morgan fingerprint density at radius 1 is 1.17 bits per heavy atom. The second kappa shape index (κ2) is 7.09. The highest BCUT2D eigenvalue weighted by Crippen LogP contribution is 2.18. The van der Waals surface area contributed by atoms with Crippen molar-refractivity contribution in [2.45, 2.75) is 12.8 Å². The molecule has 0 atom stereocenters. The largest absolute Gasteiger partial charge is 0.472 e. The molecule has 0 unspecified atom stereocenters. The molecular formula is C17H19N3O3. The maximum absolute atomic E-state index is 12.2. The number of pyridine rings is 1. The van der Waals surface area contributed by atoms with Crippen LogP contribution in [-0.4, -0.2) is 41.3 Å². The Hall–Kier alpha value is -2.63. The van der Waals surface area contributed by atoms with E-state index in [1.165, 1.54) is 12.5 Å². The van der Waals surface area contributed by atoms with Gasteiger partial charge in [-0.3, -0.25) is 14.6 Å². The van der Waals surface area contributed by atoms with Crippen LogP contribution < -0.4 is 5.32 Å². The number of hydrogen-bond donors (Lipinski definition) is 1. The number of piperidine rings is 1. The van der Waals surface area contributed by atoms with Crippen molar-refractivity contribution in [3.05, 3.63) is 54.2 Å². The lowest BCUT2D eigenvalue weighted by molar-refractivity contribution is 0.0683. The molecule has 1 N–H and O–H groups in total. The third-order valence-corrected chi connectivity index (χ3v) is 4.16. The van der Waals surface area contributed by atoms with Crippen molar-refractivity contribution < 1.29 is 14.0 Å². The molecule has 0 bridgehead atoms. The number of hydrogen-bond acceptors (Lipinski definition) is 4.